The van der Waals surface area contributed by atoms with Crippen LogP contribution in [0.15, 0.2) is 54.7 Å². The number of aromatic nitrogens is 2. The molecular formula is C18H16N2O2. The van der Waals surface area contributed by atoms with Crippen molar-refractivity contribution in [1.29, 1.82) is 0 Å². The fourth-order valence-corrected chi connectivity index (χ4v) is 2.29. The van der Waals surface area contributed by atoms with Gasteiger partial charge in [0.15, 0.2) is 5.65 Å². The summed E-state index contributed by atoms with van der Waals surface area (Å²) in [6, 6.07) is 15.7. The van der Waals surface area contributed by atoms with E-state index in [-0.39, 0.29) is 5.97 Å². The van der Waals surface area contributed by atoms with Crippen LogP contribution in [0.4, 0.5) is 0 Å². The van der Waals surface area contributed by atoms with Gasteiger partial charge in [-0.2, -0.15) is 0 Å². The average Bonchev–Trinajstić information content (AvgIpc) is 2.55. The Bertz CT molecular complexity index is 798. The second-order valence-electron chi connectivity index (χ2n) is 4.93. The van der Waals surface area contributed by atoms with Gasteiger partial charge in [0, 0.05) is 17.1 Å². The lowest BCUT2D eigenvalue weighted by atomic mass is 10.1. The van der Waals surface area contributed by atoms with Crippen LogP contribution in [0.1, 0.15) is 12.5 Å². The van der Waals surface area contributed by atoms with Gasteiger partial charge in [0.1, 0.15) is 0 Å². The first-order valence-electron chi connectivity index (χ1n) is 7.23. The minimum absolute atomic E-state index is 0.205. The number of fused-ring (bicyclic) bond motifs is 1. The molecule has 0 fully saturated rings. The van der Waals surface area contributed by atoms with Gasteiger partial charge in [-0.05, 0) is 36.8 Å². The molecule has 0 saturated heterocycles. The fraction of sp³-hybridized carbons (Fsp3) is 0.167. The predicted octanol–water partition coefficient (Wildman–Crippen LogP) is 3.40. The van der Waals surface area contributed by atoms with Crippen LogP contribution in [0.25, 0.3) is 22.3 Å². The lowest BCUT2D eigenvalue weighted by Crippen LogP contribution is -2.07. The molecule has 22 heavy (non-hydrogen) atoms. The molecule has 2 aromatic heterocycles. The first-order valence-corrected chi connectivity index (χ1v) is 7.23. The number of hydrogen-bond acceptors (Lipinski definition) is 4. The normalized spacial score (nSPS) is 10.6. The second-order valence-corrected chi connectivity index (χ2v) is 4.93. The van der Waals surface area contributed by atoms with Crippen molar-refractivity contribution < 1.29 is 9.53 Å². The molecule has 0 radical (unpaired) electrons. The van der Waals surface area contributed by atoms with Crippen molar-refractivity contribution >= 4 is 17.0 Å². The molecule has 0 unspecified atom stereocenters. The van der Waals surface area contributed by atoms with Crippen LogP contribution >= 0.6 is 0 Å². The van der Waals surface area contributed by atoms with E-state index in [2.05, 4.69) is 9.97 Å². The molecule has 0 saturated carbocycles. The van der Waals surface area contributed by atoms with Crippen molar-refractivity contribution in [3.8, 4) is 11.3 Å². The summed E-state index contributed by atoms with van der Waals surface area (Å²) < 4.78 is 4.95. The Labute approximate surface area is 128 Å². The Kier molecular flexibility index (Phi) is 4.10. The van der Waals surface area contributed by atoms with E-state index in [1.54, 1.807) is 13.1 Å². The van der Waals surface area contributed by atoms with Crippen LogP contribution in [-0.4, -0.2) is 22.5 Å². The third-order valence-electron chi connectivity index (χ3n) is 3.37. The van der Waals surface area contributed by atoms with E-state index in [1.165, 1.54) is 0 Å². The highest BCUT2D eigenvalue weighted by Gasteiger charge is 2.06. The Balaban J connectivity index is 1.83. The lowest BCUT2D eigenvalue weighted by Gasteiger charge is -2.05. The monoisotopic (exact) mass is 292 g/mol. The van der Waals surface area contributed by atoms with Gasteiger partial charge in [0.05, 0.1) is 18.7 Å². The van der Waals surface area contributed by atoms with E-state index in [0.29, 0.717) is 13.0 Å². The maximum atomic E-state index is 11.5. The molecule has 0 aliphatic rings. The summed E-state index contributed by atoms with van der Waals surface area (Å²) in [7, 11) is 0. The van der Waals surface area contributed by atoms with E-state index in [1.807, 2.05) is 48.5 Å². The number of benzene rings is 1. The minimum atomic E-state index is -0.205. The molecular weight excluding hydrogens is 276 g/mol. The van der Waals surface area contributed by atoms with E-state index >= 15 is 0 Å². The number of ether oxygens (including phenoxy) is 1. The van der Waals surface area contributed by atoms with Crippen molar-refractivity contribution in [1.82, 2.24) is 9.97 Å². The summed E-state index contributed by atoms with van der Waals surface area (Å²) in [5.41, 5.74) is 3.53. The zero-order valence-electron chi connectivity index (χ0n) is 12.3. The third-order valence-corrected chi connectivity index (χ3v) is 3.37. The second kappa shape index (κ2) is 6.35. The highest BCUT2D eigenvalue weighted by Crippen LogP contribution is 2.20. The summed E-state index contributed by atoms with van der Waals surface area (Å²) in [6.07, 6.45) is 2.03. The van der Waals surface area contributed by atoms with E-state index in [0.717, 1.165) is 27.9 Å². The smallest absolute Gasteiger partial charge is 0.310 e. The molecule has 4 heteroatoms. The third kappa shape index (κ3) is 3.11. The Morgan fingerprint density at radius 3 is 2.68 bits per heavy atom. The molecule has 0 spiro atoms. The maximum Gasteiger partial charge on any atom is 0.310 e. The van der Waals surface area contributed by atoms with Crippen molar-refractivity contribution in [2.45, 2.75) is 13.3 Å². The Morgan fingerprint density at radius 1 is 1.09 bits per heavy atom. The number of nitrogens with zero attached hydrogens (tertiary/aromatic N) is 2. The number of carbonyl (C=O) groups is 1. The van der Waals surface area contributed by atoms with Gasteiger partial charge in [0.25, 0.3) is 0 Å². The molecule has 0 N–H and O–H groups in total. The molecule has 3 rings (SSSR count). The van der Waals surface area contributed by atoms with E-state index in [9.17, 15) is 4.79 Å². The summed E-state index contributed by atoms with van der Waals surface area (Å²) in [6.45, 7) is 2.21. The van der Waals surface area contributed by atoms with E-state index in [4.69, 9.17) is 4.74 Å². The Morgan fingerprint density at radius 2 is 1.91 bits per heavy atom. The van der Waals surface area contributed by atoms with Crippen LogP contribution < -0.4 is 0 Å². The molecule has 4 nitrogen and oxygen atoms in total. The summed E-state index contributed by atoms with van der Waals surface area (Å²) in [4.78, 5) is 20.3. The molecule has 0 bridgehead atoms. The van der Waals surface area contributed by atoms with Gasteiger partial charge in [-0.25, -0.2) is 9.97 Å². The molecule has 2 heterocycles. The Hall–Kier alpha value is -2.75. The average molecular weight is 292 g/mol. The lowest BCUT2D eigenvalue weighted by molar-refractivity contribution is -0.142. The van der Waals surface area contributed by atoms with Gasteiger partial charge < -0.3 is 4.74 Å². The first-order chi connectivity index (χ1) is 10.8. The standard InChI is InChI=1S/C18H16N2O2/c1-2-22-17(21)12-13-5-7-14(8-6-13)16-10-9-15-4-3-11-19-18(15)20-16/h3-11H,2,12H2,1H3. The van der Waals surface area contributed by atoms with Gasteiger partial charge in [0.2, 0.25) is 0 Å². The van der Waals surface area contributed by atoms with Crippen LogP contribution in [0.5, 0.6) is 0 Å². The number of rotatable bonds is 4. The number of hydrogen-bond donors (Lipinski definition) is 0. The molecule has 3 aromatic rings. The van der Waals surface area contributed by atoms with Crippen LogP contribution in [0, 0.1) is 0 Å². The minimum Gasteiger partial charge on any atom is -0.466 e. The van der Waals surface area contributed by atoms with E-state index < -0.39 is 0 Å². The zero-order valence-corrected chi connectivity index (χ0v) is 12.3. The van der Waals surface area contributed by atoms with Crippen LogP contribution in [0.2, 0.25) is 0 Å². The van der Waals surface area contributed by atoms with Crippen molar-refractivity contribution in [3.05, 3.63) is 60.3 Å². The zero-order chi connectivity index (χ0) is 15.4. The summed E-state index contributed by atoms with van der Waals surface area (Å²) in [5, 5.41) is 1.02. The number of pyridine rings is 2. The van der Waals surface area contributed by atoms with Gasteiger partial charge in [-0.3, -0.25) is 4.79 Å². The highest BCUT2D eigenvalue weighted by atomic mass is 16.5. The number of carbonyl (C=O) groups excluding carboxylic acids is 1. The predicted molar refractivity (Wildman–Crippen MR) is 85.3 cm³/mol. The molecule has 0 aliphatic heterocycles. The molecule has 110 valence electrons. The molecule has 1 aromatic carbocycles. The highest BCUT2D eigenvalue weighted by molar-refractivity contribution is 5.78. The maximum absolute atomic E-state index is 11.5. The van der Waals surface area contributed by atoms with Crippen molar-refractivity contribution in [2.24, 2.45) is 0 Å². The quantitative estimate of drug-likeness (QED) is 0.692. The summed E-state index contributed by atoms with van der Waals surface area (Å²) in [5.74, 6) is -0.205. The topological polar surface area (TPSA) is 52.1 Å². The van der Waals surface area contributed by atoms with Crippen molar-refractivity contribution in [3.63, 3.8) is 0 Å². The molecule has 0 amide bonds. The van der Waals surface area contributed by atoms with Crippen molar-refractivity contribution in [2.75, 3.05) is 6.61 Å². The number of esters is 1. The van der Waals surface area contributed by atoms with Crippen LogP contribution in [-0.2, 0) is 16.0 Å². The largest absolute Gasteiger partial charge is 0.466 e. The van der Waals surface area contributed by atoms with Gasteiger partial charge in [-0.15, -0.1) is 0 Å². The van der Waals surface area contributed by atoms with Gasteiger partial charge in [-0.1, -0.05) is 24.3 Å². The van der Waals surface area contributed by atoms with Crippen LogP contribution in [0.3, 0.4) is 0 Å². The fourth-order valence-electron chi connectivity index (χ4n) is 2.29. The van der Waals surface area contributed by atoms with Gasteiger partial charge >= 0.3 is 5.97 Å². The summed E-state index contributed by atoms with van der Waals surface area (Å²) >= 11 is 0. The first kappa shape index (κ1) is 14.2. The SMILES string of the molecule is CCOC(=O)Cc1ccc(-c2ccc3cccnc3n2)cc1. The molecule has 0 atom stereocenters. The molecule has 0 aliphatic carbocycles.